The number of rotatable bonds is 10. The van der Waals surface area contributed by atoms with Crippen molar-refractivity contribution in [3.05, 3.63) is 70.8 Å². The van der Waals surface area contributed by atoms with Crippen LogP contribution in [0.25, 0.3) is 0 Å². The summed E-state index contributed by atoms with van der Waals surface area (Å²) < 4.78 is 51.3. The smallest absolute Gasteiger partial charge is 0.458 e. The average molecular weight is 891 g/mol. The van der Waals surface area contributed by atoms with Gasteiger partial charge < -0.3 is 45.2 Å². The Morgan fingerprint density at radius 2 is 1.60 bits per heavy atom. The maximum absolute atomic E-state index is 14.7. The normalized spacial score (nSPS) is 26.3. The molecule has 2 aromatic carbocycles. The Bertz CT molecular complexity index is 2090. The van der Waals surface area contributed by atoms with Crippen LogP contribution in [0.5, 0.6) is 0 Å². The van der Waals surface area contributed by atoms with E-state index < -0.39 is 116 Å². The van der Waals surface area contributed by atoms with Crippen LogP contribution < -0.4 is 16.0 Å². The van der Waals surface area contributed by atoms with Crippen LogP contribution in [-0.2, 0) is 60.2 Å². The molecule has 0 aliphatic carbocycles. The molecule has 5 rings (SSSR count). The van der Waals surface area contributed by atoms with E-state index in [-0.39, 0.29) is 50.3 Å². The van der Waals surface area contributed by atoms with Crippen molar-refractivity contribution in [1.82, 2.24) is 30.7 Å². The highest BCUT2D eigenvalue weighted by Gasteiger charge is 2.48. The van der Waals surface area contributed by atoms with E-state index in [1.54, 1.807) is 31.2 Å². The number of halogens is 2. The Balaban J connectivity index is 1.54. The summed E-state index contributed by atoms with van der Waals surface area (Å²) in [5, 5.41) is 7.64. The first-order valence-electron chi connectivity index (χ1n) is 20.3. The molecule has 0 saturated carbocycles. The van der Waals surface area contributed by atoms with E-state index in [0.717, 1.165) is 34.4 Å². The van der Waals surface area contributed by atoms with E-state index in [0.29, 0.717) is 11.6 Å². The van der Waals surface area contributed by atoms with Gasteiger partial charge in [-0.25, -0.2) is 18.1 Å². The second kappa shape index (κ2) is 19.8. The van der Waals surface area contributed by atoms with Crippen LogP contribution in [0.1, 0.15) is 63.6 Å². The zero-order chi connectivity index (χ0) is 45.8. The van der Waals surface area contributed by atoms with E-state index in [9.17, 15) is 56.7 Å². The van der Waals surface area contributed by atoms with Gasteiger partial charge in [-0.3, -0.25) is 33.3 Å². The number of nitrogens with zero attached hydrogens (tertiary/aromatic N) is 3. The molecule has 0 unspecified atom stereocenters. The molecule has 3 aliphatic heterocycles. The zero-order valence-corrected chi connectivity index (χ0v) is 36.1. The highest BCUT2D eigenvalue weighted by atomic mass is 31.2. The van der Waals surface area contributed by atoms with Gasteiger partial charge in [-0.05, 0) is 76.1 Å². The third-order valence-electron chi connectivity index (χ3n) is 11.2. The minimum atomic E-state index is -5.24. The molecule has 0 aromatic heterocycles. The fourth-order valence-electron chi connectivity index (χ4n) is 8.21. The summed E-state index contributed by atoms with van der Waals surface area (Å²) in [6, 6.07) is 0.701. The Labute approximate surface area is 357 Å². The van der Waals surface area contributed by atoms with Gasteiger partial charge in [0.1, 0.15) is 54.0 Å². The van der Waals surface area contributed by atoms with Crippen LogP contribution in [-0.4, -0.2) is 134 Å². The maximum Gasteiger partial charge on any atom is 0.469 e. The minimum absolute atomic E-state index is 0.0137. The summed E-state index contributed by atoms with van der Waals surface area (Å²) >= 11 is 0. The number of phosphoric ester groups is 1. The fraction of sp³-hybridized carbons (Fsp3) is 0.537. The molecule has 9 atom stereocenters. The standard InChI is InChI=1S/C41H53F2N6O12P/c1-21-9-11-26(12-10-21)18-33(50)45-30(17-27-15-28(42)19-29(43)16-27)36(51)46-34-24(4)60-41(56)32-14-22(2)20-49(32)38(53)23(3)44-37(52)35(25(5)61-62(57,58)59)47(6)39(54)31-8-7-13-48(31)40(34)55/h9-12,15-16,19,22-25,30-32,34-35H,7-8,13-14,17-18,20H2,1-6H3,(H,44,52)(H,45,50)(H,46,51)(H2,57,58,59)/t22-,23-,24-,25+,30-,31-,32-,34-,35-/m0/s1. The Hall–Kier alpha value is -5.30. The largest absolute Gasteiger partial charge is 0.469 e. The molecular formula is C41H53F2N6O12P. The van der Waals surface area contributed by atoms with Crippen LogP contribution in [0.15, 0.2) is 42.5 Å². The summed E-state index contributed by atoms with van der Waals surface area (Å²) in [5.41, 5.74) is 1.52. The first kappa shape index (κ1) is 47.7. The SMILES string of the molecule is Cc1ccc(CC(=O)N[C@@H](Cc2cc(F)cc(F)c2)C(=O)N[C@@H]2C(=O)N3CCC[C@H]3C(=O)N(C)[C@@H]([C@@H](C)OP(=O)(O)O)C(=O)N[C@@H](C)C(=O)N3C[C@@H](C)C[C@H]3C(=O)O[C@H]2C)cc1. The molecule has 0 bridgehead atoms. The van der Waals surface area contributed by atoms with Crippen molar-refractivity contribution in [2.75, 3.05) is 20.1 Å². The molecule has 0 radical (unpaired) electrons. The molecule has 338 valence electrons. The molecule has 3 aliphatic rings. The zero-order valence-electron chi connectivity index (χ0n) is 35.2. The van der Waals surface area contributed by atoms with Crippen molar-refractivity contribution < 1.29 is 66.0 Å². The number of nitrogens with one attached hydrogen (secondary N) is 3. The second-order valence-electron chi connectivity index (χ2n) is 16.4. The lowest BCUT2D eigenvalue weighted by atomic mass is 10.0. The molecule has 0 spiro atoms. The monoisotopic (exact) mass is 890 g/mol. The van der Waals surface area contributed by atoms with Crippen molar-refractivity contribution in [2.24, 2.45) is 5.92 Å². The van der Waals surface area contributed by atoms with Gasteiger partial charge >= 0.3 is 13.8 Å². The van der Waals surface area contributed by atoms with E-state index >= 15 is 0 Å². The lowest BCUT2D eigenvalue weighted by molar-refractivity contribution is -0.163. The molecule has 2 aromatic rings. The summed E-state index contributed by atoms with van der Waals surface area (Å²) in [7, 11) is -4.07. The number of phosphoric acid groups is 1. The van der Waals surface area contributed by atoms with Crippen LogP contribution in [0, 0.1) is 24.5 Å². The van der Waals surface area contributed by atoms with Crippen LogP contribution in [0.4, 0.5) is 8.78 Å². The first-order chi connectivity index (χ1) is 29.0. The minimum Gasteiger partial charge on any atom is -0.458 e. The second-order valence-corrected chi connectivity index (χ2v) is 17.5. The molecule has 18 nitrogen and oxygen atoms in total. The highest BCUT2D eigenvalue weighted by Crippen LogP contribution is 2.39. The quantitative estimate of drug-likeness (QED) is 0.166. The number of carbonyl (C=O) groups excluding carboxylic acids is 7. The first-order valence-corrected chi connectivity index (χ1v) is 21.8. The van der Waals surface area contributed by atoms with E-state index in [4.69, 9.17) is 9.26 Å². The number of fused-ring (bicyclic) bond motifs is 2. The average Bonchev–Trinajstić information content (AvgIpc) is 3.82. The van der Waals surface area contributed by atoms with E-state index in [1.165, 1.54) is 25.8 Å². The van der Waals surface area contributed by atoms with Gasteiger partial charge in [-0.15, -0.1) is 0 Å². The maximum atomic E-state index is 14.7. The van der Waals surface area contributed by atoms with Gasteiger partial charge in [-0.2, -0.15) is 0 Å². The molecule has 3 saturated heterocycles. The molecule has 21 heteroatoms. The van der Waals surface area contributed by atoms with Gasteiger partial charge in [0.25, 0.3) is 0 Å². The number of esters is 1. The molecule has 3 fully saturated rings. The van der Waals surface area contributed by atoms with Crippen molar-refractivity contribution in [3.8, 4) is 0 Å². The third kappa shape index (κ3) is 11.8. The Morgan fingerprint density at radius 3 is 2.23 bits per heavy atom. The fourth-order valence-corrected chi connectivity index (χ4v) is 8.76. The van der Waals surface area contributed by atoms with Crippen molar-refractivity contribution in [2.45, 2.75) is 115 Å². The lowest BCUT2D eigenvalue weighted by Crippen LogP contribution is -2.63. The van der Waals surface area contributed by atoms with Crippen molar-refractivity contribution >= 4 is 49.2 Å². The van der Waals surface area contributed by atoms with Crippen molar-refractivity contribution in [3.63, 3.8) is 0 Å². The molecular weight excluding hydrogens is 837 g/mol. The highest BCUT2D eigenvalue weighted by molar-refractivity contribution is 7.46. The molecule has 5 N–H and O–H groups in total. The summed E-state index contributed by atoms with van der Waals surface area (Å²) in [4.78, 5) is 121. The number of cyclic esters (lactones) is 1. The van der Waals surface area contributed by atoms with Gasteiger partial charge in [0.15, 0.2) is 0 Å². The number of hydrogen-bond donors (Lipinski definition) is 5. The number of hydrogen-bond acceptors (Lipinski definition) is 10. The number of likely N-dealkylation sites (N-methyl/N-ethyl adjacent to an activating group) is 1. The Kier molecular flexibility index (Phi) is 15.3. The van der Waals surface area contributed by atoms with Gasteiger partial charge in [-0.1, -0.05) is 36.8 Å². The summed E-state index contributed by atoms with van der Waals surface area (Å²) in [6.07, 6.45) is -3.35. The predicted octanol–water partition coefficient (Wildman–Crippen LogP) is 1.03. The van der Waals surface area contributed by atoms with Gasteiger partial charge in [0.2, 0.25) is 35.4 Å². The number of benzene rings is 2. The molecule has 6 amide bonds. The van der Waals surface area contributed by atoms with E-state index in [2.05, 4.69) is 16.0 Å². The van der Waals surface area contributed by atoms with Crippen LogP contribution >= 0.6 is 7.82 Å². The number of ether oxygens (including phenoxy) is 1. The predicted molar refractivity (Wildman–Crippen MR) is 215 cm³/mol. The lowest BCUT2D eigenvalue weighted by Gasteiger charge is -2.37. The number of amides is 6. The van der Waals surface area contributed by atoms with Crippen LogP contribution in [0.3, 0.4) is 0 Å². The topological polar surface area (TPSA) is 241 Å². The third-order valence-corrected chi connectivity index (χ3v) is 11.8. The summed E-state index contributed by atoms with van der Waals surface area (Å²) in [5.74, 6) is -8.25. The summed E-state index contributed by atoms with van der Waals surface area (Å²) in [6.45, 7) is 7.44. The van der Waals surface area contributed by atoms with Gasteiger partial charge in [0.05, 0.1) is 12.5 Å². The van der Waals surface area contributed by atoms with Gasteiger partial charge in [0, 0.05) is 32.6 Å². The van der Waals surface area contributed by atoms with Crippen LogP contribution in [0.2, 0.25) is 0 Å². The number of carbonyl (C=O) groups is 7. The molecule has 3 heterocycles. The Morgan fingerprint density at radius 1 is 0.952 bits per heavy atom. The number of aryl methyl sites for hydroxylation is 1. The molecule has 62 heavy (non-hydrogen) atoms. The van der Waals surface area contributed by atoms with E-state index in [1.807, 2.05) is 6.92 Å². The van der Waals surface area contributed by atoms with Crippen molar-refractivity contribution in [1.29, 1.82) is 0 Å².